The van der Waals surface area contributed by atoms with Gasteiger partial charge in [-0.2, -0.15) is 0 Å². The lowest BCUT2D eigenvalue weighted by Gasteiger charge is -2.10. The molecule has 0 aliphatic rings. The Morgan fingerprint density at radius 2 is 2.17 bits per heavy atom. The summed E-state index contributed by atoms with van der Waals surface area (Å²) in [4.78, 5) is 9.10. The predicted molar refractivity (Wildman–Crippen MR) is 112 cm³/mol. The Morgan fingerprint density at radius 1 is 1.29 bits per heavy atom. The van der Waals surface area contributed by atoms with Crippen molar-refractivity contribution in [3.8, 4) is 0 Å². The number of unbranched alkanes of at least 4 members (excludes halogenated alkanes) is 1. The average Bonchev–Trinajstić information content (AvgIpc) is 3.18. The molecule has 0 spiro atoms. The van der Waals surface area contributed by atoms with E-state index >= 15 is 0 Å². The fraction of sp³-hybridized carbons (Fsp3) is 0.529. The summed E-state index contributed by atoms with van der Waals surface area (Å²) >= 11 is 1.75. The van der Waals surface area contributed by atoms with E-state index in [0.29, 0.717) is 0 Å². The largest absolute Gasteiger partial charge is 0.469 e. The molecule has 5 nitrogen and oxygen atoms in total. The molecular formula is C17H27IN4OS. The third-order valence-electron chi connectivity index (χ3n) is 3.32. The van der Waals surface area contributed by atoms with Crippen molar-refractivity contribution in [3.05, 3.63) is 40.2 Å². The van der Waals surface area contributed by atoms with Gasteiger partial charge in [-0.3, -0.25) is 4.99 Å². The normalized spacial score (nSPS) is 11.2. The van der Waals surface area contributed by atoms with Crippen LogP contribution in [0.15, 0.2) is 33.2 Å². The van der Waals surface area contributed by atoms with Crippen LogP contribution in [0.2, 0.25) is 0 Å². The van der Waals surface area contributed by atoms with Crippen LogP contribution in [0.25, 0.3) is 0 Å². The third kappa shape index (κ3) is 8.14. The Labute approximate surface area is 165 Å². The lowest BCUT2D eigenvalue weighted by Crippen LogP contribution is -2.38. The highest BCUT2D eigenvalue weighted by molar-refractivity contribution is 14.0. The summed E-state index contributed by atoms with van der Waals surface area (Å²) in [7, 11) is 0. The number of aliphatic imine (C=N–C) groups is 1. The van der Waals surface area contributed by atoms with Crippen molar-refractivity contribution >= 4 is 41.3 Å². The van der Waals surface area contributed by atoms with Crippen LogP contribution in [0.1, 0.15) is 36.2 Å². The molecule has 2 aromatic heterocycles. The molecule has 2 rings (SSSR count). The van der Waals surface area contributed by atoms with Gasteiger partial charge >= 0.3 is 0 Å². The first-order chi connectivity index (χ1) is 11.3. The summed E-state index contributed by atoms with van der Waals surface area (Å²) in [6, 6.07) is 3.91. The molecule has 2 N–H and O–H groups in total. The van der Waals surface area contributed by atoms with Gasteiger partial charge in [0.2, 0.25) is 0 Å². The van der Waals surface area contributed by atoms with Gasteiger partial charge in [0.25, 0.3) is 0 Å². The summed E-state index contributed by atoms with van der Waals surface area (Å²) in [5.74, 6) is 1.87. The predicted octanol–water partition coefficient (Wildman–Crippen LogP) is 3.78. The van der Waals surface area contributed by atoms with Crippen LogP contribution in [0.4, 0.5) is 0 Å². The monoisotopic (exact) mass is 462 g/mol. The van der Waals surface area contributed by atoms with Crippen molar-refractivity contribution in [1.29, 1.82) is 0 Å². The van der Waals surface area contributed by atoms with E-state index in [2.05, 4.69) is 32.9 Å². The quantitative estimate of drug-likeness (QED) is 0.258. The first-order valence-corrected chi connectivity index (χ1v) is 9.11. The maximum atomic E-state index is 5.33. The molecule has 0 bridgehead atoms. The topological polar surface area (TPSA) is 62.5 Å². The van der Waals surface area contributed by atoms with Gasteiger partial charge in [0, 0.05) is 37.1 Å². The molecule has 0 saturated carbocycles. The fourth-order valence-electron chi connectivity index (χ4n) is 2.20. The molecule has 24 heavy (non-hydrogen) atoms. The van der Waals surface area contributed by atoms with Crippen LogP contribution in [0.5, 0.6) is 0 Å². The van der Waals surface area contributed by atoms with E-state index in [9.17, 15) is 0 Å². The summed E-state index contributed by atoms with van der Waals surface area (Å²) in [6.07, 6.45) is 5.82. The first kappa shape index (κ1) is 21.0. The Bertz CT molecular complexity index is 583. The molecule has 0 saturated heterocycles. The molecule has 7 heteroatoms. The zero-order valence-corrected chi connectivity index (χ0v) is 17.5. The number of nitrogens with zero attached hydrogens (tertiary/aromatic N) is 2. The zero-order valence-electron chi connectivity index (χ0n) is 14.4. The van der Waals surface area contributed by atoms with E-state index in [1.165, 1.54) is 5.01 Å². The smallest absolute Gasteiger partial charge is 0.191 e. The third-order valence-corrected chi connectivity index (χ3v) is 4.35. The highest BCUT2D eigenvalue weighted by Gasteiger charge is 2.00. The number of nitrogens with one attached hydrogen (secondary N) is 2. The summed E-state index contributed by atoms with van der Waals surface area (Å²) in [5.41, 5.74) is 1.12. The Kier molecular flexibility index (Phi) is 10.7. The number of aromatic nitrogens is 1. The minimum Gasteiger partial charge on any atom is -0.469 e. The second kappa shape index (κ2) is 12.3. The molecule has 0 aromatic carbocycles. The highest BCUT2D eigenvalue weighted by atomic mass is 127. The standard InChI is InChI=1S/C17H26N4OS.HI/c1-3-18-17(20-11-9-15-7-6-12-22-15)19-10-5-4-8-16-21-14(2)13-23-16;/h6-7,12-13H,3-5,8-11H2,1-2H3,(H2,18,19,20);1H. The van der Waals surface area contributed by atoms with Gasteiger partial charge in [-0.15, -0.1) is 35.3 Å². The van der Waals surface area contributed by atoms with Crippen molar-refractivity contribution < 1.29 is 4.42 Å². The van der Waals surface area contributed by atoms with Gasteiger partial charge < -0.3 is 15.1 Å². The van der Waals surface area contributed by atoms with Gasteiger partial charge in [-0.05, 0) is 45.2 Å². The number of furan rings is 1. The van der Waals surface area contributed by atoms with Gasteiger partial charge in [-0.1, -0.05) is 0 Å². The molecule has 0 unspecified atom stereocenters. The van der Waals surface area contributed by atoms with Crippen molar-refractivity contribution in [2.75, 3.05) is 19.6 Å². The van der Waals surface area contributed by atoms with Crippen molar-refractivity contribution in [1.82, 2.24) is 15.6 Å². The molecule has 2 heterocycles. The van der Waals surface area contributed by atoms with E-state index in [4.69, 9.17) is 4.42 Å². The second-order valence-electron chi connectivity index (χ2n) is 5.36. The summed E-state index contributed by atoms with van der Waals surface area (Å²) < 4.78 is 5.33. The zero-order chi connectivity index (χ0) is 16.3. The Balaban J connectivity index is 0.00000288. The van der Waals surface area contributed by atoms with Gasteiger partial charge in [0.05, 0.1) is 11.3 Å². The molecule has 0 aliphatic carbocycles. The Morgan fingerprint density at radius 3 is 2.83 bits per heavy atom. The summed E-state index contributed by atoms with van der Waals surface area (Å²) in [5, 5.41) is 9.95. The van der Waals surface area contributed by atoms with E-state index in [0.717, 1.165) is 62.7 Å². The fourth-order valence-corrected chi connectivity index (χ4v) is 3.02. The van der Waals surface area contributed by atoms with Crippen LogP contribution in [0, 0.1) is 6.92 Å². The lowest BCUT2D eigenvalue weighted by molar-refractivity contribution is 0.507. The second-order valence-corrected chi connectivity index (χ2v) is 6.30. The average molecular weight is 462 g/mol. The SMILES string of the molecule is CCNC(=NCCCCc1nc(C)cs1)NCCc1ccco1.I. The van der Waals surface area contributed by atoms with Crippen LogP contribution >= 0.6 is 35.3 Å². The van der Waals surface area contributed by atoms with Crippen LogP contribution < -0.4 is 10.6 Å². The van der Waals surface area contributed by atoms with Gasteiger partial charge in [-0.25, -0.2) is 4.98 Å². The number of rotatable bonds is 9. The molecule has 0 fully saturated rings. The van der Waals surface area contributed by atoms with E-state index in [-0.39, 0.29) is 24.0 Å². The first-order valence-electron chi connectivity index (χ1n) is 8.23. The lowest BCUT2D eigenvalue weighted by atomic mass is 10.2. The van der Waals surface area contributed by atoms with E-state index < -0.39 is 0 Å². The number of aryl methyl sites for hydroxylation is 2. The number of hydrogen-bond acceptors (Lipinski definition) is 4. The molecule has 2 aromatic rings. The molecule has 0 aliphatic heterocycles. The number of halogens is 1. The summed E-state index contributed by atoms with van der Waals surface area (Å²) in [6.45, 7) is 6.64. The maximum absolute atomic E-state index is 5.33. The van der Waals surface area contributed by atoms with Crippen molar-refractivity contribution in [2.24, 2.45) is 4.99 Å². The van der Waals surface area contributed by atoms with Crippen LogP contribution in [0.3, 0.4) is 0 Å². The van der Waals surface area contributed by atoms with E-state index in [1.807, 2.05) is 19.1 Å². The Hall–Kier alpha value is -1.09. The van der Waals surface area contributed by atoms with Crippen molar-refractivity contribution in [2.45, 2.75) is 39.5 Å². The minimum absolute atomic E-state index is 0. The molecule has 0 amide bonds. The van der Waals surface area contributed by atoms with Crippen molar-refractivity contribution in [3.63, 3.8) is 0 Å². The molecule has 134 valence electrons. The number of hydrogen-bond donors (Lipinski definition) is 2. The molecular weight excluding hydrogens is 435 g/mol. The van der Waals surface area contributed by atoms with Crippen LogP contribution in [-0.4, -0.2) is 30.6 Å². The van der Waals surface area contributed by atoms with Gasteiger partial charge in [0.15, 0.2) is 5.96 Å². The van der Waals surface area contributed by atoms with Gasteiger partial charge in [0.1, 0.15) is 5.76 Å². The molecule has 0 radical (unpaired) electrons. The number of thiazole rings is 1. The van der Waals surface area contributed by atoms with Crippen LogP contribution in [-0.2, 0) is 12.8 Å². The maximum Gasteiger partial charge on any atom is 0.191 e. The minimum atomic E-state index is 0. The van der Waals surface area contributed by atoms with E-state index in [1.54, 1.807) is 17.6 Å². The molecule has 0 atom stereocenters. The number of guanidine groups is 1. The highest BCUT2D eigenvalue weighted by Crippen LogP contribution is 2.11.